The fourth-order valence-corrected chi connectivity index (χ4v) is 4.51. The maximum Gasteiger partial charge on any atom is 0.271 e. The minimum absolute atomic E-state index is 0.0795. The van der Waals surface area contributed by atoms with Crippen molar-refractivity contribution in [2.75, 3.05) is 6.54 Å². The van der Waals surface area contributed by atoms with Crippen LogP contribution in [0.15, 0.2) is 78.0 Å². The van der Waals surface area contributed by atoms with Gasteiger partial charge in [0, 0.05) is 41.3 Å². The highest BCUT2D eigenvalue weighted by atomic mass is 35.5. The molecule has 1 aliphatic heterocycles. The van der Waals surface area contributed by atoms with Crippen LogP contribution in [0.5, 0.6) is 5.75 Å². The first-order valence-corrected chi connectivity index (χ1v) is 11.6. The molecule has 1 aliphatic rings. The number of aromatic nitrogens is 1. The summed E-state index contributed by atoms with van der Waals surface area (Å²) in [6.45, 7) is 1.61. The largest absolute Gasteiger partial charge is 0.506 e. The lowest BCUT2D eigenvalue weighted by atomic mass is 10.00. The Morgan fingerprint density at radius 3 is 2.71 bits per heavy atom. The number of hydrazone groups is 1. The number of rotatable bonds is 5. The molecule has 0 aliphatic carbocycles. The van der Waals surface area contributed by atoms with E-state index in [1.54, 1.807) is 6.21 Å². The first-order valence-electron chi connectivity index (χ1n) is 11.2. The van der Waals surface area contributed by atoms with Crippen LogP contribution < -0.4 is 5.43 Å². The molecule has 3 aromatic carbocycles. The summed E-state index contributed by atoms with van der Waals surface area (Å²) in [5, 5.41) is 14.6. The van der Waals surface area contributed by atoms with Crippen molar-refractivity contribution in [3.05, 3.63) is 100 Å². The zero-order chi connectivity index (χ0) is 24.4. The van der Waals surface area contributed by atoms with Crippen LogP contribution >= 0.6 is 11.6 Å². The Bertz CT molecular complexity index is 1460. The first-order chi connectivity index (χ1) is 17.0. The Morgan fingerprint density at radius 2 is 1.89 bits per heavy atom. The maximum atomic E-state index is 13.0. The second kappa shape index (κ2) is 9.64. The molecule has 1 aromatic heterocycles. The molecule has 0 fully saturated rings. The molecule has 176 valence electrons. The minimum Gasteiger partial charge on any atom is -0.506 e. The lowest BCUT2D eigenvalue weighted by Gasteiger charge is -2.29. The molecule has 0 saturated carbocycles. The normalized spacial score (nSPS) is 13.2. The van der Waals surface area contributed by atoms with Crippen LogP contribution in [-0.2, 0) is 24.3 Å². The number of benzene rings is 3. The number of aromatic hydroxyl groups is 1. The predicted molar refractivity (Wildman–Crippen MR) is 136 cm³/mol. The van der Waals surface area contributed by atoms with Gasteiger partial charge in [0.15, 0.2) is 0 Å². The number of nitrogens with one attached hydrogen (secondary N) is 1. The van der Waals surface area contributed by atoms with E-state index in [9.17, 15) is 14.7 Å². The van der Waals surface area contributed by atoms with Crippen molar-refractivity contribution >= 4 is 40.5 Å². The first kappa shape index (κ1) is 22.7. The second-order valence-corrected chi connectivity index (χ2v) is 8.83. The quantitative estimate of drug-likeness (QED) is 0.325. The maximum absolute atomic E-state index is 13.0. The minimum atomic E-state index is -0.443. The van der Waals surface area contributed by atoms with Gasteiger partial charge in [-0.1, -0.05) is 48.0 Å². The van der Waals surface area contributed by atoms with Crippen molar-refractivity contribution in [3.63, 3.8) is 0 Å². The van der Waals surface area contributed by atoms with Gasteiger partial charge < -0.3 is 14.6 Å². The van der Waals surface area contributed by atoms with E-state index in [1.807, 2.05) is 52.1 Å². The van der Waals surface area contributed by atoms with Crippen LogP contribution in [0.3, 0.4) is 0 Å². The number of halogens is 1. The molecular formula is C27H23ClN4O3. The fraction of sp³-hybridized carbons (Fsp3) is 0.148. The molecule has 0 spiro atoms. The highest BCUT2D eigenvalue weighted by Gasteiger charge is 2.21. The van der Waals surface area contributed by atoms with Gasteiger partial charge in [-0.25, -0.2) is 5.43 Å². The number of phenolic OH excluding ortho intramolecular Hbond substituents is 1. The molecule has 35 heavy (non-hydrogen) atoms. The molecule has 4 aromatic rings. The van der Waals surface area contributed by atoms with Crippen molar-refractivity contribution < 1.29 is 14.7 Å². The van der Waals surface area contributed by atoms with Crippen LogP contribution in [0, 0.1) is 0 Å². The van der Waals surface area contributed by atoms with E-state index in [2.05, 4.69) is 22.7 Å². The molecule has 8 heteroatoms. The van der Waals surface area contributed by atoms with E-state index in [-0.39, 0.29) is 28.8 Å². The summed E-state index contributed by atoms with van der Waals surface area (Å²) < 4.78 is 1.94. The number of carbonyl (C=O) groups excluding carboxylic acids is 2. The summed E-state index contributed by atoms with van der Waals surface area (Å²) >= 11 is 5.87. The zero-order valence-electron chi connectivity index (χ0n) is 18.8. The number of nitrogens with zero attached hydrogens (tertiary/aromatic N) is 3. The van der Waals surface area contributed by atoms with Gasteiger partial charge in [0.05, 0.1) is 11.2 Å². The standard InChI is InChI=1S/C27H23ClN4O3/c28-23-14-19(8-9-25(23)33)27(35)30-29-15-20-6-3-7-24-22(20)11-13-31(24)17-26(34)32-12-10-18-4-1-2-5-21(18)16-32/h1-9,11,13-15,33H,10,12,16-17H2,(H,30,35). The SMILES string of the molecule is O=C(NN=Cc1cccc2c1ccn2CC(=O)N1CCc2ccccc2C1)c1ccc(O)c(Cl)c1. The fourth-order valence-electron chi connectivity index (χ4n) is 4.33. The van der Waals surface area contributed by atoms with Gasteiger partial charge in [-0.15, -0.1) is 0 Å². The van der Waals surface area contributed by atoms with Gasteiger partial charge in [0.25, 0.3) is 5.91 Å². The Kier molecular flexibility index (Phi) is 6.25. The van der Waals surface area contributed by atoms with Crippen molar-refractivity contribution in [1.29, 1.82) is 0 Å². The van der Waals surface area contributed by atoms with Gasteiger partial charge >= 0.3 is 0 Å². The Hall–Kier alpha value is -4.10. The van der Waals surface area contributed by atoms with Crippen molar-refractivity contribution in [2.24, 2.45) is 5.10 Å². The van der Waals surface area contributed by atoms with Crippen LogP contribution in [0.1, 0.15) is 27.0 Å². The summed E-state index contributed by atoms with van der Waals surface area (Å²) in [5.41, 5.74) is 7.00. The van der Waals surface area contributed by atoms with Gasteiger partial charge in [-0.2, -0.15) is 5.10 Å². The van der Waals surface area contributed by atoms with Crippen LogP contribution in [-0.4, -0.2) is 39.1 Å². The van der Waals surface area contributed by atoms with Crippen LogP contribution in [0.25, 0.3) is 10.9 Å². The molecule has 7 nitrogen and oxygen atoms in total. The van der Waals surface area contributed by atoms with E-state index in [1.165, 1.54) is 29.3 Å². The molecular weight excluding hydrogens is 464 g/mol. The molecule has 0 unspecified atom stereocenters. The molecule has 2 amide bonds. The Balaban J connectivity index is 1.28. The van der Waals surface area contributed by atoms with Gasteiger partial charge in [0.2, 0.25) is 5.91 Å². The molecule has 0 bridgehead atoms. The summed E-state index contributed by atoms with van der Waals surface area (Å²) in [7, 11) is 0. The highest BCUT2D eigenvalue weighted by molar-refractivity contribution is 6.32. The third-order valence-corrected chi connectivity index (χ3v) is 6.52. The molecule has 0 radical (unpaired) electrons. The predicted octanol–water partition coefficient (Wildman–Crippen LogP) is 4.35. The van der Waals surface area contributed by atoms with Gasteiger partial charge in [-0.05, 0) is 47.9 Å². The van der Waals surface area contributed by atoms with Crippen LogP contribution in [0.4, 0.5) is 0 Å². The highest BCUT2D eigenvalue weighted by Crippen LogP contribution is 2.24. The zero-order valence-corrected chi connectivity index (χ0v) is 19.6. The monoisotopic (exact) mass is 486 g/mol. The second-order valence-electron chi connectivity index (χ2n) is 8.42. The molecule has 2 heterocycles. The third kappa shape index (κ3) is 4.76. The third-order valence-electron chi connectivity index (χ3n) is 6.22. The smallest absolute Gasteiger partial charge is 0.271 e. The molecule has 0 saturated heterocycles. The van der Waals surface area contributed by atoms with Gasteiger partial charge in [-0.3, -0.25) is 9.59 Å². The van der Waals surface area contributed by atoms with Gasteiger partial charge in [0.1, 0.15) is 12.3 Å². The number of hydrogen-bond acceptors (Lipinski definition) is 4. The van der Waals surface area contributed by atoms with Crippen LogP contribution in [0.2, 0.25) is 5.02 Å². The van der Waals surface area contributed by atoms with E-state index >= 15 is 0 Å². The Labute approximate surface area is 207 Å². The van der Waals surface area contributed by atoms with Crippen molar-refractivity contribution in [2.45, 2.75) is 19.5 Å². The summed E-state index contributed by atoms with van der Waals surface area (Å²) in [6, 6.07) is 20.1. The summed E-state index contributed by atoms with van der Waals surface area (Å²) in [5.74, 6) is -0.455. The number of phenols is 1. The number of hydrogen-bond donors (Lipinski definition) is 2. The van der Waals surface area contributed by atoms with E-state index in [4.69, 9.17) is 11.6 Å². The molecule has 5 rings (SSSR count). The molecule has 0 atom stereocenters. The van der Waals surface area contributed by atoms with Crippen molar-refractivity contribution in [3.8, 4) is 5.75 Å². The lowest BCUT2D eigenvalue weighted by molar-refractivity contribution is -0.132. The van der Waals surface area contributed by atoms with Crippen molar-refractivity contribution in [1.82, 2.24) is 14.9 Å². The van der Waals surface area contributed by atoms with E-state index < -0.39 is 5.91 Å². The number of fused-ring (bicyclic) bond motifs is 2. The number of amides is 2. The molecule has 2 N–H and O–H groups in total. The van der Waals surface area contributed by atoms with E-state index in [0.717, 1.165) is 29.4 Å². The topological polar surface area (TPSA) is 86.9 Å². The average Bonchev–Trinajstić information content (AvgIpc) is 3.28. The lowest BCUT2D eigenvalue weighted by Crippen LogP contribution is -2.37. The average molecular weight is 487 g/mol. The Morgan fingerprint density at radius 1 is 1.06 bits per heavy atom. The van der Waals surface area contributed by atoms with E-state index in [0.29, 0.717) is 6.54 Å². The number of carbonyl (C=O) groups is 2. The summed E-state index contributed by atoms with van der Waals surface area (Å²) in [6.07, 6.45) is 4.34. The summed E-state index contributed by atoms with van der Waals surface area (Å²) in [4.78, 5) is 27.2.